The molecule has 2 aliphatic heterocycles. The second kappa shape index (κ2) is 8.47. The van der Waals surface area contributed by atoms with E-state index >= 15 is 0 Å². The smallest absolute Gasteiger partial charge is 0.254 e. The lowest BCUT2D eigenvalue weighted by atomic mass is 9.94. The molecule has 0 radical (unpaired) electrons. The van der Waals surface area contributed by atoms with Gasteiger partial charge in [-0.25, -0.2) is 4.68 Å². The summed E-state index contributed by atoms with van der Waals surface area (Å²) < 4.78 is 1.82. The number of fused-ring (bicyclic) bond motifs is 1. The number of carbonyl (C=O) groups is 1. The lowest BCUT2D eigenvalue weighted by Gasteiger charge is -2.36. The monoisotopic (exact) mass is 409 g/mol. The van der Waals surface area contributed by atoms with E-state index in [2.05, 4.69) is 70.4 Å². The minimum atomic E-state index is -0.290. The molecule has 0 spiro atoms. The molecule has 0 aliphatic carbocycles. The molecule has 0 bridgehead atoms. The predicted octanol–water partition coefficient (Wildman–Crippen LogP) is 2.19. The van der Waals surface area contributed by atoms with Gasteiger partial charge in [0.2, 0.25) is 5.95 Å². The molecule has 0 saturated carbocycles. The van der Waals surface area contributed by atoms with Crippen LogP contribution >= 0.6 is 0 Å². The highest BCUT2D eigenvalue weighted by molar-refractivity contribution is 5.97. The molecule has 4 rings (SSSR count). The Morgan fingerprint density at radius 3 is 2.43 bits per heavy atom. The van der Waals surface area contributed by atoms with Gasteiger partial charge in [-0.1, -0.05) is 12.1 Å². The zero-order valence-electron chi connectivity index (χ0n) is 18.3. The van der Waals surface area contributed by atoms with Gasteiger partial charge in [-0.2, -0.15) is 10.1 Å². The van der Waals surface area contributed by atoms with Crippen molar-refractivity contribution >= 4 is 17.5 Å². The molecule has 1 atom stereocenters. The highest BCUT2D eigenvalue weighted by Gasteiger charge is 2.36. The molecule has 1 aromatic carbocycles. The number of piperazine rings is 1. The van der Waals surface area contributed by atoms with E-state index in [0.29, 0.717) is 5.95 Å². The number of hydrogen-bond acceptors (Lipinski definition) is 6. The van der Waals surface area contributed by atoms with Crippen LogP contribution in [-0.4, -0.2) is 76.8 Å². The quantitative estimate of drug-likeness (QED) is 0.816. The molecular weight excluding hydrogens is 378 g/mol. The molecule has 2 aliphatic rings. The number of nitrogens with zero attached hydrogens (tertiary/aromatic N) is 6. The maximum Gasteiger partial charge on any atom is 0.254 e. The van der Waals surface area contributed by atoms with Crippen molar-refractivity contribution in [1.29, 1.82) is 0 Å². The molecule has 8 nitrogen and oxygen atoms in total. The molecule has 1 aromatic heterocycles. The number of likely N-dealkylation sites (N-methyl/N-ethyl adjacent to an activating group) is 1. The summed E-state index contributed by atoms with van der Waals surface area (Å²) in [4.78, 5) is 24.5. The average molecular weight is 410 g/mol. The van der Waals surface area contributed by atoms with Crippen LogP contribution in [0, 0.1) is 0 Å². The van der Waals surface area contributed by atoms with Gasteiger partial charge < -0.3 is 20.0 Å². The van der Waals surface area contributed by atoms with Crippen molar-refractivity contribution in [3.05, 3.63) is 47.4 Å². The van der Waals surface area contributed by atoms with Crippen molar-refractivity contribution in [3.8, 4) is 0 Å². The lowest BCUT2D eigenvalue weighted by molar-refractivity contribution is -0.129. The normalized spacial score (nSPS) is 19.5. The van der Waals surface area contributed by atoms with Crippen LogP contribution in [0.15, 0.2) is 41.9 Å². The first kappa shape index (κ1) is 20.4. The van der Waals surface area contributed by atoms with Crippen LogP contribution in [0.25, 0.3) is 0 Å². The van der Waals surface area contributed by atoms with Crippen LogP contribution in [0.3, 0.4) is 0 Å². The van der Waals surface area contributed by atoms with E-state index in [1.807, 2.05) is 16.5 Å². The number of aromatic nitrogens is 3. The number of anilines is 2. The summed E-state index contributed by atoms with van der Waals surface area (Å²) in [6.45, 7) is 11.5. The molecule has 1 amide bonds. The van der Waals surface area contributed by atoms with E-state index in [1.54, 1.807) is 0 Å². The maximum absolute atomic E-state index is 13.6. The summed E-state index contributed by atoms with van der Waals surface area (Å²) >= 11 is 0. The molecule has 0 unspecified atom stereocenters. The highest BCUT2D eigenvalue weighted by Crippen LogP contribution is 2.36. The maximum atomic E-state index is 13.6. The molecule has 1 N–H and O–H groups in total. The zero-order valence-corrected chi connectivity index (χ0v) is 18.3. The van der Waals surface area contributed by atoms with Crippen molar-refractivity contribution < 1.29 is 4.79 Å². The summed E-state index contributed by atoms with van der Waals surface area (Å²) in [7, 11) is 2.09. The second-order valence-corrected chi connectivity index (χ2v) is 7.95. The molecule has 3 heterocycles. The van der Waals surface area contributed by atoms with Crippen LogP contribution in [0.2, 0.25) is 0 Å². The van der Waals surface area contributed by atoms with Gasteiger partial charge in [0, 0.05) is 50.7 Å². The number of carbonyl (C=O) groups excluding carboxylic acids is 1. The summed E-state index contributed by atoms with van der Waals surface area (Å²) in [6, 6.07) is 8.20. The van der Waals surface area contributed by atoms with Crippen molar-refractivity contribution in [1.82, 2.24) is 24.6 Å². The zero-order chi connectivity index (χ0) is 21.3. The van der Waals surface area contributed by atoms with E-state index < -0.39 is 0 Å². The van der Waals surface area contributed by atoms with E-state index in [9.17, 15) is 4.79 Å². The van der Waals surface area contributed by atoms with E-state index in [1.165, 1.54) is 12.0 Å². The Morgan fingerprint density at radius 2 is 1.80 bits per heavy atom. The van der Waals surface area contributed by atoms with E-state index in [-0.39, 0.29) is 11.9 Å². The Kier molecular flexibility index (Phi) is 5.76. The molecule has 30 heavy (non-hydrogen) atoms. The number of benzene rings is 1. The first-order chi connectivity index (χ1) is 14.5. The molecule has 8 heteroatoms. The SMILES string of the molecule is CCN(CC)c1ccc([C@@H]2C(C(=O)N3CCN(C)CC3)=C(C)Nc3ncnn32)cc1. The Labute approximate surface area is 178 Å². The van der Waals surface area contributed by atoms with Gasteiger partial charge in [0.05, 0.1) is 5.57 Å². The summed E-state index contributed by atoms with van der Waals surface area (Å²) in [5.74, 6) is 0.743. The number of hydrogen-bond donors (Lipinski definition) is 1. The Morgan fingerprint density at radius 1 is 1.13 bits per heavy atom. The third kappa shape index (κ3) is 3.67. The first-order valence-electron chi connectivity index (χ1n) is 10.7. The molecule has 160 valence electrons. The minimum absolute atomic E-state index is 0.0760. The van der Waals surface area contributed by atoms with Crippen LogP contribution in [0.1, 0.15) is 32.4 Å². The van der Waals surface area contributed by atoms with Crippen molar-refractivity contribution in [2.24, 2.45) is 0 Å². The number of allylic oxidation sites excluding steroid dienone is 1. The number of nitrogens with one attached hydrogen (secondary N) is 1. The molecule has 1 saturated heterocycles. The van der Waals surface area contributed by atoms with Gasteiger partial charge in [-0.15, -0.1) is 0 Å². The van der Waals surface area contributed by atoms with Gasteiger partial charge in [0.15, 0.2) is 0 Å². The second-order valence-electron chi connectivity index (χ2n) is 7.95. The van der Waals surface area contributed by atoms with Gasteiger partial charge in [-0.05, 0) is 45.5 Å². The molecule has 1 fully saturated rings. The summed E-state index contributed by atoms with van der Waals surface area (Å²) in [6.07, 6.45) is 1.54. The Balaban J connectivity index is 1.70. The summed E-state index contributed by atoms with van der Waals surface area (Å²) in [5.41, 5.74) is 3.81. The Hall–Kier alpha value is -2.87. The topological polar surface area (TPSA) is 69.5 Å². The van der Waals surface area contributed by atoms with Crippen LogP contribution < -0.4 is 10.2 Å². The van der Waals surface area contributed by atoms with Gasteiger partial charge in [-0.3, -0.25) is 4.79 Å². The van der Waals surface area contributed by atoms with Gasteiger partial charge >= 0.3 is 0 Å². The number of rotatable bonds is 5. The fraction of sp³-hybridized carbons (Fsp3) is 0.500. The van der Waals surface area contributed by atoms with Gasteiger partial charge in [0.1, 0.15) is 12.4 Å². The van der Waals surface area contributed by atoms with Crippen molar-refractivity contribution in [2.75, 3.05) is 56.5 Å². The number of amides is 1. The van der Waals surface area contributed by atoms with E-state index in [0.717, 1.165) is 56.1 Å². The third-order valence-corrected chi connectivity index (χ3v) is 6.15. The first-order valence-corrected chi connectivity index (χ1v) is 10.7. The van der Waals surface area contributed by atoms with E-state index in [4.69, 9.17) is 0 Å². The highest BCUT2D eigenvalue weighted by atomic mass is 16.2. The van der Waals surface area contributed by atoms with Crippen molar-refractivity contribution in [3.63, 3.8) is 0 Å². The average Bonchev–Trinajstić information content (AvgIpc) is 3.22. The fourth-order valence-corrected chi connectivity index (χ4v) is 4.31. The molecular formula is C22H31N7O. The lowest BCUT2D eigenvalue weighted by Crippen LogP contribution is -2.49. The van der Waals surface area contributed by atoms with Crippen molar-refractivity contribution in [2.45, 2.75) is 26.8 Å². The van der Waals surface area contributed by atoms with Crippen LogP contribution in [-0.2, 0) is 4.79 Å². The standard InChI is InChI=1S/C22H31N7O/c1-5-27(6-2)18-9-7-17(8-10-18)20-19(16(3)25-22-23-15-24-29(20)22)21(30)28-13-11-26(4)12-14-28/h7-10,15,20H,5-6,11-14H2,1-4H3,(H,23,24,25)/t20-/m1/s1. The molecule has 2 aromatic rings. The predicted molar refractivity (Wildman–Crippen MR) is 119 cm³/mol. The van der Waals surface area contributed by atoms with Crippen LogP contribution in [0.4, 0.5) is 11.6 Å². The summed E-state index contributed by atoms with van der Waals surface area (Å²) in [5, 5.41) is 7.72. The third-order valence-electron chi connectivity index (χ3n) is 6.15. The fourth-order valence-electron chi connectivity index (χ4n) is 4.31. The Bertz CT molecular complexity index is 921. The largest absolute Gasteiger partial charge is 0.372 e. The minimum Gasteiger partial charge on any atom is -0.372 e. The van der Waals surface area contributed by atoms with Crippen LogP contribution in [0.5, 0.6) is 0 Å². The van der Waals surface area contributed by atoms with Gasteiger partial charge in [0.25, 0.3) is 5.91 Å².